The minimum absolute atomic E-state index is 0.0723. The van der Waals surface area contributed by atoms with Gasteiger partial charge in [-0.3, -0.25) is 0 Å². The maximum atomic E-state index is 6.32. The Hall–Kier alpha value is -0.380. The van der Waals surface area contributed by atoms with E-state index in [1.807, 2.05) is 11.3 Å². The first-order chi connectivity index (χ1) is 9.31. The molecular weight excluding hydrogens is 254 g/mol. The van der Waals surface area contributed by atoms with Gasteiger partial charge in [0.15, 0.2) is 0 Å². The molecule has 0 aromatic carbocycles. The fourth-order valence-corrected chi connectivity index (χ4v) is 4.93. The molecule has 104 valence electrons. The van der Waals surface area contributed by atoms with Gasteiger partial charge in [0.2, 0.25) is 0 Å². The third-order valence-corrected chi connectivity index (χ3v) is 6.41. The van der Waals surface area contributed by atoms with Gasteiger partial charge < -0.3 is 9.64 Å². The summed E-state index contributed by atoms with van der Waals surface area (Å²) in [5.41, 5.74) is 1.62. The van der Waals surface area contributed by atoms with E-state index in [-0.39, 0.29) is 5.60 Å². The topological polar surface area (TPSA) is 12.5 Å². The molecule has 1 spiro atoms. The minimum atomic E-state index is 0.0723. The van der Waals surface area contributed by atoms with Crippen LogP contribution in [-0.2, 0) is 23.2 Å². The standard InChI is InChI=1S/C16H23NOS/c1-2-13-11-14-15(19-13)5-10-18-16(14)6-8-17(9-7-16)12-3-4-12/h11-12H,2-10H2,1H3. The predicted octanol–water partition coefficient (Wildman–Crippen LogP) is 3.34. The molecule has 0 bridgehead atoms. The molecular formula is C16H23NOS. The van der Waals surface area contributed by atoms with Crippen molar-refractivity contribution in [2.75, 3.05) is 19.7 Å². The quantitative estimate of drug-likeness (QED) is 0.822. The Labute approximate surface area is 119 Å². The number of rotatable bonds is 2. The summed E-state index contributed by atoms with van der Waals surface area (Å²) in [6, 6.07) is 3.36. The molecule has 1 aromatic heterocycles. The van der Waals surface area contributed by atoms with Gasteiger partial charge in [-0.15, -0.1) is 11.3 Å². The van der Waals surface area contributed by atoms with Crippen LogP contribution >= 0.6 is 11.3 Å². The molecule has 1 aromatic rings. The van der Waals surface area contributed by atoms with E-state index in [9.17, 15) is 0 Å². The van der Waals surface area contributed by atoms with E-state index in [2.05, 4.69) is 17.9 Å². The number of hydrogen-bond donors (Lipinski definition) is 0. The van der Waals surface area contributed by atoms with Gasteiger partial charge in [-0.1, -0.05) is 6.92 Å². The first-order valence-corrected chi connectivity index (χ1v) is 8.62. The summed E-state index contributed by atoms with van der Waals surface area (Å²) in [5, 5.41) is 0. The first-order valence-electron chi connectivity index (χ1n) is 7.81. The number of fused-ring (bicyclic) bond motifs is 2. The molecule has 2 fully saturated rings. The molecule has 0 amide bonds. The van der Waals surface area contributed by atoms with Gasteiger partial charge >= 0.3 is 0 Å². The van der Waals surface area contributed by atoms with Crippen LogP contribution in [0.5, 0.6) is 0 Å². The van der Waals surface area contributed by atoms with Crippen LogP contribution in [-0.4, -0.2) is 30.6 Å². The third kappa shape index (κ3) is 2.07. The Morgan fingerprint density at radius 3 is 2.84 bits per heavy atom. The maximum Gasteiger partial charge on any atom is 0.0966 e. The lowest BCUT2D eigenvalue weighted by Gasteiger charge is -2.44. The highest BCUT2D eigenvalue weighted by Crippen LogP contribution is 2.46. The molecule has 0 atom stereocenters. The Balaban J connectivity index is 1.60. The molecule has 0 radical (unpaired) electrons. The van der Waals surface area contributed by atoms with Crippen LogP contribution in [0.15, 0.2) is 6.07 Å². The largest absolute Gasteiger partial charge is 0.370 e. The van der Waals surface area contributed by atoms with E-state index in [0.717, 1.165) is 19.1 Å². The normalized spacial score (nSPS) is 26.6. The van der Waals surface area contributed by atoms with E-state index in [4.69, 9.17) is 4.74 Å². The molecule has 3 aliphatic rings. The fraction of sp³-hybridized carbons (Fsp3) is 0.750. The minimum Gasteiger partial charge on any atom is -0.370 e. The molecule has 1 saturated heterocycles. The summed E-state index contributed by atoms with van der Waals surface area (Å²) in [4.78, 5) is 5.85. The van der Waals surface area contributed by atoms with E-state index in [1.54, 1.807) is 15.3 Å². The smallest absolute Gasteiger partial charge is 0.0966 e. The zero-order valence-electron chi connectivity index (χ0n) is 11.8. The Bertz CT molecular complexity index is 469. The van der Waals surface area contributed by atoms with Crippen molar-refractivity contribution in [3.05, 3.63) is 21.4 Å². The molecule has 2 nitrogen and oxygen atoms in total. The van der Waals surface area contributed by atoms with E-state index in [1.165, 1.54) is 45.2 Å². The van der Waals surface area contributed by atoms with Crippen LogP contribution in [0, 0.1) is 0 Å². The van der Waals surface area contributed by atoms with E-state index >= 15 is 0 Å². The molecule has 1 aliphatic carbocycles. The van der Waals surface area contributed by atoms with Gasteiger partial charge in [0.05, 0.1) is 12.2 Å². The average Bonchev–Trinajstić information content (AvgIpc) is 3.19. The lowest BCUT2D eigenvalue weighted by Crippen LogP contribution is -2.46. The van der Waals surface area contributed by atoms with Crippen molar-refractivity contribution in [1.82, 2.24) is 4.90 Å². The van der Waals surface area contributed by atoms with Crippen molar-refractivity contribution >= 4 is 11.3 Å². The highest BCUT2D eigenvalue weighted by Gasteiger charge is 2.44. The van der Waals surface area contributed by atoms with Crippen LogP contribution in [0.3, 0.4) is 0 Å². The van der Waals surface area contributed by atoms with Crippen molar-refractivity contribution in [2.45, 2.75) is 57.1 Å². The van der Waals surface area contributed by atoms with Gasteiger partial charge in [0.1, 0.15) is 0 Å². The van der Waals surface area contributed by atoms with Gasteiger partial charge in [0.25, 0.3) is 0 Å². The van der Waals surface area contributed by atoms with E-state index in [0.29, 0.717) is 0 Å². The van der Waals surface area contributed by atoms with Crippen LogP contribution in [0.25, 0.3) is 0 Å². The highest BCUT2D eigenvalue weighted by atomic mass is 32.1. The summed E-state index contributed by atoms with van der Waals surface area (Å²) >= 11 is 2.03. The highest BCUT2D eigenvalue weighted by molar-refractivity contribution is 7.12. The van der Waals surface area contributed by atoms with Crippen molar-refractivity contribution < 1.29 is 4.74 Å². The predicted molar refractivity (Wildman–Crippen MR) is 78.9 cm³/mol. The number of nitrogens with zero attached hydrogens (tertiary/aromatic N) is 1. The number of likely N-dealkylation sites (tertiary alicyclic amines) is 1. The molecule has 4 rings (SSSR count). The van der Waals surface area contributed by atoms with Crippen LogP contribution in [0.4, 0.5) is 0 Å². The second kappa shape index (κ2) is 4.57. The zero-order valence-corrected chi connectivity index (χ0v) is 12.6. The third-order valence-electron chi connectivity index (χ3n) is 5.08. The van der Waals surface area contributed by atoms with Crippen molar-refractivity contribution in [3.8, 4) is 0 Å². The second-order valence-corrected chi connectivity index (χ2v) is 7.48. The van der Waals surface area contributed by atoms with Gasteiger partial charge in [-0.25, -0.2) is 0 Å². The summed E-state index contributed by atoms with van der Waals surface area (Å²) < 4.78 is 6.32. The lowest BCUT2D eigenvalue weighted by molar-refractivity contribution is -0.0980. The summed E-state index contributed by atoms with van der Waals surface area (Å²) in [7, 11) is 0. The van der Waals surface area contributed by atoms with Crippen molar-refractivity contribution in [1.29, 1.82) is 0 Å². The Morgan fingerprint density at radius 2 is 2.16 bits per heavy atom. The first kappa shape index (κ1) is 12.4. The lowest BCUT2D eigenvalue weighted by atomic mass is 9.82. The molecule has 2 aliphatic heterocycles. The number of hydrogen-bond acceptors (Lipinski definition) is 3. The number of piperidine rings is 1. The molecule has 19 heavy (non-hydrogen) atoms. The number of thiophene rings is 1. The maximum absolute atomic E-state index is 6.32. The molecule has 0 N–H and O–H groups in total. The summed E-state index contributed by atoms with van der Waals surface area (Å²) in [6.45, 7) is 5.67. The molecule has 3 heteroatoms. The monoisotopic (exact) mass is 277 g/mol. The second-order valence-electron chi connectivity index (χ2n) is 6.26. The SMILES string of the molecule is CCc1cc2c(s1)CCOC21CCN(C2CC2)CC1. The Kier molecular flexibility index (Phi) is 2.98. The fourth-order valence-electron chi connectivity index (χ4n) is 3.75. The number of aryl methyl sites for hydroxylation is 1. The number of ether oxygens (including phenoxy) is 1. The Morgan fingerprint density at radius 1 is 1.37 bits per heavy atom. The van der Waals surface area contributed by atoms with Crippen LogP contribution < -0.4 is 0 Å². The molecule has 1 saturated carbocycles. The van der Waals surface area contributed by atoms with Gasteiger partial charge in [-0.2, -0.15) is 0 Å². The molecule has 3 heterocycles. The van der Waals surface area contributed by atoms with Crippen LogP contribution in [0.1, 0.15) is 47.9 Å². The zero-order chi connectivity index (χ0) is 12.9. The summed E-state index contributed by atoms with van der Waals surface area (Å²) in [5.74, 6) is 0. The van der Waals surface area contributed by atoms with Crippen molar-refractivity contribution in [2.24, 2.45) is 0 Å². The van der Waals surface area contributed by atoms with Crippen molar-refractivity contribution in [3.63, 3.8) is 0 Å². The average molecular weight is 277 g/mol. The van der Waals surface area contributed by atoms with Gasteiger partial charge in [-0.05, 0) is 43.7 Å². The summed E-state index contributed by atoms with van der Waals surface area (Å²) in [6.07, 6.45) is 7.57. The molecule has 0 unspecified atom stereocenters. The van der Waals surface area contributed by atoms with E-state index < -0.39 is 0 Å². The van der Waals surface area contributed by atoms with Crippen LogP contribution in [0.2, 0.25) is 0 Å². The van der Waals surface area contributed by atoms with Gasteiger partial charge in [0, 0.05) is 35.3 Å².